The number of rotatable bonds is 5. The Bertz CT molecular complexity index is 575. The second kappa shape index (κ2) is 4.84. The quantitative estimate of drug-likeness (QED) is 0.626. The van der Waals surface area contributed by atoms with Crippen molar-refractivity contribution in [3.05, 3.63) is 17.7 Å². The Morgan fingerprint density at radius 1 is 1.58 bits per heavy atom. The minimum atomic E-state index is -0.172. The number of hydrogen-bond acceptors (Lipinski definition) is 7. The van der Waals surface area contributed by atoms with Crippen molar-refractivity contribution in [1.29, 1.82) is 0 Å². The summed E-state index contributed by atoms with van der Waals surface area (Å²) in [5.74, 6) is 0.762. The lowest BCUT2D eigenvalue weighted by molar-refractivity contribution is 0.0953. The number of carbonyl (C=O) groups excluding carboxylic acids is 1. The number of nitrogen functional groups attached to an aromatic ring is 1. The third-order valence-electron chi connectivity index (χ3n) is 2.74. The topological polar surface area (TPSA) is 122 Å². The van der Waals surface area contributed by atoms with Gasteiger partial charge in [-0.15, -0.1) is 0 Å². The minimum absolute atomic E-state index is 0.172. The number of carbonyl (C=O) groups is 1. The van der Waals surface area contributed by atoms with Gasteiger partial charge >= 0.3 is 0 Å². The molecule has 3 rings (SSSR count). The molecule has 0 aliphatic heterocycles. The van der Waals surface area contributed by atoms with Crippen LogP contribution in [0.25, 0.3) is 0 Å². The molecule has 0 bridgehead atoms. The molecule has 2 aromatic rings. The molecule has 8 nitrogen and oxygen atoms in total. The summed E-state index contributed by atoms with van der Waals surface area (Å²) in [5, 5.41) is 13.1. The molecule has 2 aromatic heterocycles. The van der Waals surface area contributed by atoms with E-state index in [1.165, 1.54) is 6.33 Å². The van der Waals surface area contributed by atoms with Gasteiger partial charge in [-0.1, -0.05) is 0 Å². The normalized spacial score (nSPS) is 14.3. The Morgan fingerprint density at radius 3 is 3.11 bits per heavy atom. The summed E-state index contributed by atoms with van der Waals surface area (Å²) in [6.45, 7) is 0.436. The Labute approximate surface area is 113 Å². The predicted molar refractivity (Wildman–Crippen MR) is 70.7 cm³/mol. The van der Waals surface area contributed by atoms with E-state index < -0.39 is 0 Å². The number of hydrogen-bond donors (Lipinski definition) is 4. The fourth-order valence-corrected chi connectivity index (χ4v) is 2.31. The van der Waals surface area contributed by atoms with Crippen LogP contribution in [-0.2, 0) is 6.54 Å². The molecule has 1 aliphatic carbocycles. The number of H-pyrrole nitrogens is 1. The van der Waals surface area contributed by atoms with Gasteiger partial charge in [0.05, 0.1) is 6.54 Å². The molecule has 1 saturated carbocycles. The van der Waals surface area contributed by atoms with E-state index in [9.17, 15) is 4.79 Å². The third-order valence-corrected chi connectivity index (χ3v) is 3.56. The van der Waals surface area contributed by atoms with Gasteiger partial charge in [-0.05, 0) is 24.4 Å². The Balaban J connectivity index is 1.71. The first-order chi connectivity index (χ1) is 9.24. The number of amides is 1. The van der Waals surface area contributed by atoms with Crippen LogP contribution < -0.4 is 16.4 Å². The monoisotopic (exact) mass is 279 g/mol. The first-order valence-corrected chi connectivity index (χ1v) is 6.65. The molecule has 1 fully saturated rings. The highest BCUT2D eigenvalue weighted by molar-refractivity contribution is 7.11. The van der Waals surface area contributed by atoms with Gasteiger partial charge in [0, 0.05) is 6.04 Å². The molecular weight excluding hydrogens is 266 g/mol. The van der Waals surface area contributed by atoms with Crippen molar-refractivity contribution in [1.82, 2.24) is 24.9 Å². The molecule has 0 unspecified atom stereocenters. The molecule has 100 valence electrons. The van der Waals surface area contributed by atoms with Crippen molar-refractivity contribution >= 4 is 28.3 Å². The Hall–Kier alpha value is -2.16. The van der Waals surface area contributed by atoms with Crippen LogP contribution in [0.4, 0.5) is 10.8 Å². The zero-order valence-corrected chi connectivity index (χ0v) is 10.8. The summed E-state index contributed by atoms with van der Waals surface area (Å²) in [7, 11) is 0. The number of nitrogens with two attached hydrogens (primary N) is 1. The molecule has 0 saturated heterocycles. The van der Waals surface area contributed by atoms with Crippen LogP contribution in [-0.4, -0.2) is 31.5 Å². The highest BCUT2D eigenvalue weighted by atomic mass is 32.1. The lowest BCUT2D eigenvalue weighted by Crippen LogP contribution is -2.26. The van der Waals surface area contributed by atoms with Crippen LogP contribution in [0.5, 0.6) is 0 Å². The van der Waals surface area contributed by atoms with E-state index in [1.807, 2.05) is 0 Å². The maximum Gasteiger partial charge on any atom is 0.258 e. The smallest absolute Gasteiger partial charge is 0.258 e. The van der Waals surface area contributed by atoms with Gasteiger partial charge in [-0.25, -0.2) is 4.98 Å². The van der Waals surface area contributed by atoms with Crippen molar-refractivity contribution in [3.8, 4) is 0 Å². The fourth-order valence-electron chi connectivity index (χ4n) is 1.61. The van der Waals surface area contributed by atoms with Crippen LogP contribution in [0.2, 0.25) is 0 Å². The fraction of sp³-hybridized carbons (Fsp3) is 0.400. The van der Waals surface area contributed by atoms with Crippen LogP contribution >= 0.6 is 11.5 Å². The second-order valence-electron chi connectivity index (χ2n) is 4.31. The van der Waals surface area contributed by atoms with Gasteiger partial charge in [0.2, 0.25) is 0 Å². The summed E-state index contributed by atoms with van der Waals surface area (Å²) in [6, 6.07) is 0.286. The molecule has 0 radical (unpaired) electrons. The third kappa shape index (κ3) is 2.65. The molecule has 5 N–H and O–H groups in total. The first kappa shape index (κ1) is 11.9. The highest BCUT2D eigenvalue weighted by Gasteiger charge is 2.27. The molecule has 19 heavy (non-hydrogen) atoms. The highest BCUT2D eigenvalue weighted by Crippen LogP contribution is 2.28. The Morgan fingerprint density at radius 2 is 2.42 bits per heavy atom. The van der Waals surface area contributed by atoms with Gasteiger partial charge in [0.1, 0.15) is 22.7 Å². The van der Waals surface area contributed by atoms with E-state index in [0.717, 1.165) is 24.4 Å². The van der Waals surface area contributed by atoms with Gasteiger partial charge in [0.25, 0.3) is 5.91 Å². The van der Waals surface area contributed by atoms with Crippen LogP contribution in [0, 0.1) is 0 Å². The molecule has 0 spiro atoms. The van der Waals surface area contributed by atoms with E-state index in [1.54, 1.807) is 0 Å². The lowest BCUT2D eigenvalue weighted by atomic mass is 10.3. The van der Waals surface area contributed by atoms with Crippen molar-refractivity contribution in [2.24, 2.45) is 0 Å². The molecule has 9 heteroatoms. The maximum atomic E-state index is 12.1. The predicted octanol–water partition coefficient (Wildman–Crippen LogP) is 0.348. The van der Waals surface area contributed by atoms with Gasteiger partial charge in [0.15, 0.2) is 5.82 Å². The van der Waals surface area contributed by atoms with Crippen molar-refractivity contribution in [3.63, 3.8) is 0 Å². The Kier molecular flexibility index (Phi) is 3.03. The van der Waals surface area contributed by atoms with Crippen LogP contribution in [0.15, 0.2) is 6.33 Å². The summed E-state index contributed by atoms with van der Waals surface area (Å²) in [5.41, 5.74) is 6.16. The summed E-state index contributed by atoms with van der Waals surface area (Å²) in [4.78, 5) is 16.1. The van der Waals surface area contributed by atoms with E-state index in [4.69, 9.17) is 5.73 Å². The minimum Gasteiger partial charge on any atom is -0.382 e. The second-order valence-corrected chi connectivity index (χ2v) is 5.08. The van der Waals surface area contributed by atoms with Gasteiger partial charge in [-0.2, -0.15) is 9.47 Å². The van der Waals surface area contributed by atoms with E-state index in [2.05, 4.69) is 30.2 Å². The number of nitrogens with zero attached hydrogens (tertiary/aromatic N) is 3. The molecule has 0 aromatic carbocycles. The zero-order valence-electron chi connectivity index (χ0n) is 10.0. The number of aromatic amines is 1. The standard InChI is InChI=1S/C10H13N7OS/c11-8-7(9(18)15-5-1-2-5)10(19-17-8)12-3-6-13-4-14-16-6/h4-5,12H,1-3H2,(H2,11,17)(H,15,18)(H,13,14,16). The van der Waals surface area contributed by atoms with Gasteiger partial charge in [-0.3, -0.25) is 9.89 Å². The number of aromatic nitrogens is 4. The summed E-state index contributed by atoms with van der Waals surface area (Å²) < 4.78 is 4.02. The maximum absolute atomic E-state index is 12.1. The average molecular weight is 279 g/mol. The van der Waals surface area contributed by atoms with Crippen molar-refractivity contribution in [2.45, 2.75) is 25.4 Å². The molecule has 2 heterocycles. The zero-order chi connectivity index (χ0) is 13.2. The average Bonchev–Trinajstić information content (AvgIpc) is 2.92. The van der Waals surface area contributed by atoms with Crippen LogP contribution in [0.1, 0.15) is 29.0 Å². The number of nitrogens with one attached hydrogen (secondary N) is 3. The number of anilines is 2. The van der Waals surface area contributed by atoms with E-state index in [-0.39, 0.29) is 17.8 Å². The van der Waals surface area contributed by atoms with Crippen molar-refractivity contribution in [2.75, 3.05) is 11.1 Å². The summed E-state index contributed by atoms with van der Waals surface area (Å²) >= 11 is 1.16. The van der Waals surface area contributed by atoms with Crippen LogP contribution in [0.3, 0.4) is 0 Å². The largest absolute Gasteiger partial charge is 0.382 e. The molecule has 0 atom stereocenters. The lowest BCUT2D eigenvalue weighted by Gasteiger charge is -2.06. The SMILES string of the molecule is Nc1nsc(NCc2ncn[nH]2)c1C(=O)NC1CC1. The molecular formula is C10H13N7OS. The van der Waals surface area contributed by atoms with E-state index >= 15 is 0 Å². The van der Waals surface area contributed by atoms with Crippen molar-refractivity contribution < 1.29 is 4.79 Å². The van der Waals surface area contributed by atoms with E-state index in [0.29, 0.717) is 22.9 Å². The first-order valence-electron chi connectivity index (χ1n) is 5.88. The molecule has 1 aliphatic rings. The molecule has 1 amide bonds. The summed E-state index contributed by atoms with van der Waals surface area (Å²) in [6.07, 6.45) is 3.49. The van der Waals surface area contributed by atoms with Gasteiger partial charge < -0.3 is 16.4 Å².